The van der Waals surface area contributed by atoms with Crippen molar-refractivity contribution < 1.29 is 51.8 Å². The van der Waals surface area contributed by atoms with Crippen LogP contribution in [0.1, 0.15) is 49.4 Å². The number of nitrogens with one attached hydrogen (secondary N) is 2. The van der Waals surface area contributed by atoms with Crippen molar-refractivity contribution in [2.45, 2.75) is 58.0 Å². The lowest BCUT2D eigenvalue weighted by Gasteiger charge is -2.35. The van der Waals surface area contributed by atoms with E-state index in [1.165, 1.54) is 17.0 Å². The largest absolute Gasteiger partial charge is 0.464 e. The molecule has 0 spiro atoms. The highest BCUT2D eigenvalue weighted by Crippen LogP contribution is 2.59. The maximum Gasteiger partial charge on any atom is 0.399 e. The molecular formula is C31H35F2IN3O9PS. The van der Waals surface area contributed by atoms with Gasteiger partial charge in [-0.05, 0) is 82.8 Å². The first kappa shape index (κ1) is 37.8. The molecule has 1 aliphatic rings. The van der Waals surface area contributed by atoms with Crippen LogP contribution in [0.4, 0.5) is 14.5 Å². The van der Waals surface area contributed by atoms with Crippen LogP contribution in [-0.2, 0) is 34.1 Å². The number of ether oxygens (including phenoxy) is 2. The second kappa shape index (κ2) is 14.8. The molecule has 1 unspecified atom stereocenters. The standard InChI is InChI=1S/C31H35F2IN3O9PS/c1-5-45-25(38)16-46-21-14-22(27(39)35-20-9-7-19(34)8-10-20)37(15-21)29(41)26(30(2,3)4)36-28(40)24-13-17-12-18(6-11-23(17)48-24)31(32,33)47(42,43)44/h6-13,21-22,26H,5,14-16H2,1-4H3,(H,35,39)(H,36,40)(H2,42,43,44)/t21-,22-,26?/m0/s1. The van der Waals surface area contributed by atoms with Gasteiger partial charge in [-0.15, -0.1) is 11.3 Å². The summed E-state index contributed by atoms with van der Waals surface area (Å²) in [6.07, 6.45) is -0.616. The molecule has 0 bridgehead atoms. The van der Waals surface area contributed by atoms with Gasteiger partial charge >= 0.3 is 19.2 Å². The Bertz CT molecular complexity index is 1740. The summed E-state index contributed by atoms with van der Waals surface area (Å²) in [4.78, 5) is 72.8. The van der Waals surface area contributed by atoms with Gasteiger partial charge in [-0.1, -0.05) is 26.8 Å². The smallest absolute Gasteiger partial charge is 0.399 e. The highest BCUT2D eigenvalue weighted by molar-refractivity contribution is 14.1. The summed E-state index contributed by atoms with van der Waals surface area (Å²) in [6.45, 7) is 6.56. The summed E-state index contributed by atoms with van der Waals surface area (Å²) in [5, 5.41) is 5.71. The summed E-state index contributed by atoms with van der Waals surface area (Å²) in [5.41, 5.74) is -5.69. The predicted octanol–water partition coefficient (Wildman–Crippen LogP) is 5.07. The molecule has 0 saturated carbocycles. The van der Waals surface area contributed by atoms with Crippen LogP contribution < -0.4 is 10.6 Å². The summed E-state index contributed by atoms with van der Waals surface area (Å²) >= 11 is 3.08. The van der Waals surface area contributed by atoms with Crippen molar-refractivity contribution in [3.63, 3.8) is 0 Å². The highest BCUT2D eigenvalue weighted by atomic mass is 127. The van der Waals surface area contributed by atoms with Crippen molar-refractivity contribution in [1.29, 1.82) is 0 Å². The molecule has 12 nitrogen and oxygen atoms in total. The normalized spacial score (nSPS) is 17.6. The van der Waals surface area contributed by atoms with Gasteiger partial charge in [0.25, 0.3) is 5.91 Å². The molecule has 1 aromatic heterocycles. The first-order valence-electron chi connectivity index (χ1n) is 14.7. The summed E-state index contributed by atoms with van der Waals surface area (Å²) in [6, 6.07) is 9.20. The van der Waals surface area contributed by atoms with Crippen molar-refractivity contribution in [2.24, 2.45) is 5.41 Å². The van der Waals surface area contributed by atoms with E-state index in [0.717, 1.165) is 27.0 Å². The van der Waals surface area contributed by atoms with Gasteiger partial charge in [-0.3, -0.25) is 18.9 Å². The first-order valence-corrected chi connectivity index (χ1v) is 18.2. The zero-order chi connectivity index (χ0) is 35.6. The van der Waals surface area contributed by atoms with Crippen LogP contribution >= 0.6 is 41.5 Å². The van der Waals surface area contributed by atoms with E-state index >= 15 is 0 Å². The molecule has 1 fully saturated rings. The molecular weight excluding hydrogens is 786 g/mol. The molecule has 4 rings (SSSR count). The predicted molar refractivity (Wildman–Crippen MR) is 183 cm³/mol. The van der Waals surface area contributed by atoms with E-state index < -0.39 is 66.1 Å². The first-order chi connectivity index (χ1) is 22.3. The molecule has 3 amide bonds. The Balaban J connectivity index is 1.59. The van der Waals surface area contributed by atoms with Crippen LogP contribution in [0.2, 0.25) is 0 Å². The number of likely N-dealkylation sites (tertiary alicyclic amines) is 1. The van der Waals surface area contributed by atoms with Crippen LogP contribution in [-0.4, -0.2) is 76.3 Å². The van der Waals surface area contributed by atoms with E-state index in [-0.39, 0.29) is 36.4 Å². The van der Waals surface area contributed by atoms with Crippen LogP contribution in [0, 0.1) is 8.99 Å². The van der Waals surface area contributed by atoms with Gasteiger partial charge in [0, 0.05) is 32.5 Å². The second-order valence-corrected chi connectivity index (χ2v) is 16.2. The molecule has 48 heavy (non-hydrogen) atoms. The number of hydrogen-bond donors (Lipinski definition) is 4. The molecule has 0 aliphatic carbocycles. The van der Waals surface area contributed by atoms with Gasteiger partial charge in [0.05, 0.1) is 17.6 Å². The Morgan fingerprint density at radius 1 is 1.10 bits per heavy atom. The summed E-state index contributed by atoms with van der Waals surface area (Å²) < 4.78 is 52.0. The topological polar surface area (TPSA) is 172 Å². The number of carbonyl (C=O) groups excluding carboxylic acids is 4. The fraction of sp³-hybridized carbons (Fsp3) is 0.419. The number of thiophene rings is 1. The van der Waals surface area contributed by atoms with E-state index in [0.29, 0.717) is 10.4 Å². The highest BCUT2D eigenvalue weighted by Gasteiger charge is 2.50. The van der Waals surface area contributed by atoms with Crippen molar-refractivity contribution in [2.75, 3.05) is 25.1 Å². The lowest BCUT2D eigenvalue weighted by atomic mass is 9.85. The molecule has 17 heteroatoms. The van der Waals surface area contributed by atoms with E-state index in [4.69, 9.17) is 19.3 Å². The minimum atomic E-state index is -5.80. The van der Waals surface area contributed by atoms with E-state index in [9.17, 15) is 32.5 Å². The number of benzene rings is 2. The quantitative estimate of drug-likeness (QED) is 0.117. The van der Waals surface area contributed by atoms with E-state index in [2.05, 4.69) is 33.2 Å². The number of esters is 1. The second-order valence-electron chi connectivity index (χ2n) is 12.2. The van der Waals surface area contributed by atoms with Gasteiger partial charge in [0.15, 0.2) is 0 Å². The van der Waals surface area contributed by atoms with E-state index in [1.807, 2.05) is 12.1 Å². The average Bonchev–Trinajstić information content (AvgIpc) is 3.63. The Kier molecular flexibility index (Phi) is 11.7. The third kappa shape index (κ3) is 8.76. The van der Waals surface area contributed by atoms with Crippen LogP contribution in [0.25, 0.3) is 10.1 Å². The fourth-order valence-electron chi connectivity index (χ4n) is 5.08. The van der Waals surface area contributed by atoms with Crippen molar-refractivity contribution in [3.8, 4) is 0 Å². The lowest BCUT2D eigenvalue weighted by Crippen LogP contribution is -2.57. The Morgan fingerprint density at radius 2 is 1.77 bits per heavy atom. The molecule has 4 N–H and O–H groups in total. The molecule has 260 valence electrons. The molecule has 0 radical (unpaired) electrons. The van der Waals surface area contributed by atoms with Crippen LogP contribution in [0.5, 0.6) is 0 Å². The summed E-state index contributed by atoms with van der Waals surface area (Å²) in [5.74, 6) is -2.35. The van der Waals surface area contributed by atoms with Crippen LogP contribution in [0.3, 0.4) is 0 Å². The molecule has 2 heterocycles. The van der Waals surface area contributed by atoms with Gasteiger partial charge in [0.1, 0.15) is 18.7 Å². The number of rotatable bonds is 11. The molecule has 1 aliphatic heterocycles. The number of alkyl halides is 2. The van der Waals surface area contributed by atoms with Crippen molar-refractivity contribution in [3.05, 3.63) is 62.5 Å². The number of halogens is 3. The van der Waals surface area contributed by atoms with Gasteiger partial charge in [-0.2, -0.15) is 8.78 Å². The maximum absolute atomic E-state index is 14.3. The number of nitrogens with zero attached hydrogens (tertiary/aromatic N) is 1. The average molecular weight is 822 g/mol. The maximum atomic E-state index is 14.3. The fourth-order valence-corrected chi connectivity index (χ4v) is 6.87. The number of hydrogen-bond acceptors (Lipinski definition) is 8. The third-order valence-corrected chi connectivity index (χ3v) is 10.4. The number of carbonyl (C=O) groups is 4. The number of amides is 3. The monoisotopic (exact) mass is 821 g/mol. The van der Waals surface area contributed by atoms with Gasteiger partial charge < -0.3 is 34.8 Å². The Morgan fingerprint density at radius 3 is 2.38 bits per heavy atom. The number of anilines is 1. The van der Waals surface area contributed by atoms with Crippen molar-refractivity contribution >= 4 is 81.0 Å². The van der Waals surface area contributed by atoms with Crippen LogP contribution in [0.15, 0.2) is 48.5 Å². The van der Waals surface area contributed by atoms with E-state index in [1.54, 1.807) is 39.8 Å². The molecule has 2 aromatic carbocycles. The Labute approximate surface area is 292 Å². The zero-order valence-corrected chi connectivity index (χ0v) is 30.2. The minimum absolute atomic E-state index is 0.0507. The number of fused-ring (bicyclic) bond motifs is 1. The molecule has 3 aromatic rings. The van der Waals surface area contributed by atoms with Crippen molar-refractivity contribution in [1.82, 2.24) is 10.2 Å². The minimum Gasteiger partial charge on any atom is -0.464 e. The SMILES string of the molecule is CCOC(=O)CO[C@H]1C[C@@H](C(=O)Nc2ccc(I)cc2)N(C(=O)C(NC(=O)c2cc3cc(C(F)(F)P(=O)(O)O)ccc3s2)C(C)(C)C)C1. The Hall–Kier alpha value is -3.02. The van der Waals surface area contributed by atoms with Gasteiger partial charge in [-0.25, -0.2) is 4.79 Å². The molecule has 1 saturated heterocycles. The summed E-state index contributed by atoms with van der Waals surface area (Å²) in [7, 11) is -5.80. The zero-order valence-electron chi connectivity index (χ0n) is 26.4. The molecule has 3 atom stereocenters. The lowest BCUT2D eigenvalue weighted by molar-refractivity contribution is -0.150. The third-order valence-electron chi connectivity index (χ3n) is 7.54. The van der Waals surface area contributed by atoms with Gasteiger partial charge in [0.2, 0.25) is 11.8 Å².